The molecule has 0 N–H and O–H groups in total. The van der Waals surface area contributed by atoms with Crippen LogP contribution < -0.4 is 0 Å². The highest BCUT2D eigenvalue weighted by atomic mass is 14.0. The summed E-state index contributed by atoms with van der Waals surface area (Å²) in [7, 11) is 0. The molecule has 0 radical (unpaired) electrons. The van der Waals surface area contributed by atoms with Crippen LogP contribution in [0.5, 0.6) is 0 Å². The first-order chi connectivity index (χ1) is 7.84. The van der Waals surface area contributed by atoms with Gasteiger partial charge in [-0.1, -0.05) is 72.3 Å². The Morgan fingerprint density at radius 3 is 2.06 bits per heavy atom. The van der Waals surface area contributed by atoms with Crippen molar-refractivity contribution in [3.63, 3.8) is 0 Å². The smallest absolute Gasteiger partial charge is 0.00665 e. The van der Waals surface area contributed by atoms with Gasteiger partial charge in [-0.25, -0.2) is 0 Å². The van der Waals surface area contributed by atoms with Gasteiger partial charge in [-0.05, 0) is 24.5 Å². The Kier molecular flexibility index (Phi) is 3.55. The van der Waals surface area contributed by atoms with E-state index in [1.165, 1.54) is 16.7 Å². The summed E-state index contributed by atoms with van der Waals surface area (Å²) >= 11 is 0. The van der Waals surface area contributed by atoms with Crippen molar-refractivity contribution in [1.82, 2.24) is 0 Å². The highest BCUT2D eigenvalue weighted by molar-refractivity contribution is 5.52. The first-order valence-corrected chi connectivity index (χ1v) is 5.61. The summed E-state index contributed by atoms with van der Waals surface area (Å²) in [6.07, 6.45) is 3.27. The number of allylic oxidation sites excluding steroid dienone is 1. The largest absolute Gasteiger partial charge is 0.0683 e. The third kappa shape index (κ3) is 3.09. The van der Waals surface area contributed by atoms with Crippen molar-refractivity contribution in [3.8, 4) is 0 Å². The SMILES string of the molecule is C/C(=C/c1ccccc1)Cc1ccccc1. The van der Waals surface area contributed by atoms with E-state index in [-0.39, 0.29) is 0 Å². The van der Waals surface area contributed by atoms with Crippen molar-refractivity contribution in [2.24, 2.45) is 0 Å². The lowest BCUT2D eigenvalue weighted by molar-refractivity contribution is 1.16. The minimum absolute atomic E-state index is 1.02. The number of hydrogen-bond acceptors (Lipinski definition) is 0. The Morgan fingerprint density at radius 1 is 0.875 bits per heavy atom. The van der Waals surface area contributed by atoms with E-state index in [0.717, 1.165) is 6.42 Å². The molecule has 0 bridgehead atoms. The lowest BCUT2D eigenvalue weighted by Crippen LogP contribution is -1.85. The molecule has 0 aromatic heterocycles. The monoisotopic (exact) mass is 208 g/mol. The zero-order valence-electron chi connectivity index (χ0n) is 9.56. The van der Waals surface area contributed by atoms with Crippen LogP contribution in [-0.2, 0) is 6.42 Å². The first kappa shape index (κ1) is 10.7. The Labute approximate surface area is 97.3 Å². The summed E-state index contributed by atoms with van der Waals surface area (Å²) in [5, 5.41) is 0. The summed E-state index contributed by atoms with van der Waals surface area (Å²) < 4.78 is 0. The molecule has 0 saturated carbocycles. The molecule has 0 unspecified atom stereocenters. The number of rotatable bonds is 3. The van der Waals surface area contributed by atoms with E-state index in [0.29, 0.717) is 0 Å². The van der Waals surface area contributed by atoms with E-state index >= 15 is 0 Å². The molecule has 2 aromatic rings. The fourth-order valence-corrected chi connectivity index (χ4v) is 1.80. The molecule has 2 aromatic carbocycles. The maximum Gasteiger partial charge on any atom is -0.00665 e. The first-order valence-electron chi connectivity index (χ1n) is 5.61. The predicted molar refractivity (Wildman–Crippen MR) is 70.2 cm³/mol. The minimum Gasteiger partial charge on any atom is -0.0683 e. The molecule has 0 aliphatic heterocycles. The molecule has 0 aliphatic rings. The van der Waals surface area contributed by atoms with E-state index in [9.17, 15) is 0 Å². The summed E-state index contributed by atoms with van der Waals surface area (Å²) in [6.45, 7) is 2.18. The normalized spacial score (nSPS) is 11.4. The Bertz CT molecular complexity index is 452. The van der Waals surface area contributed by atoms with Crippen LogP contribution in [0.15, 0.2) is 66.2 Å². The zero-order valence-corrected chi connectivity index (χ0v) is 9.56. The minimum atomic E-state index is 1.02. The molecule has 0 amide bonds. The maximum atomic E-state index is 2.24. The predicted octanol–water partition coefficient (Wildman–Crippen LogP) is 4.33. The van der Waals surface area contributed by atoms with Crippen LogP contribution in [0.1, 0.15) is 18.1 Å². The molecule has 0 heterocycles. The molecule has 0 spiro atoms. The van der Waals surface area contributed by atoms with Gasteiger partial charge in [0.25, 0.3) is 0 Å². The molecule has 0 heteroatoms. The second-order valence-corrected chi connectivity index (χ2v) is 4.06. The van der Waals surface area contributed by atoms with E-state index < -0.39 is 0 Å². The second kappa shape index (κ2) is 5.32. The van der Waals surface area contributed by atoms with E-state index in [4.69, 9.17) is 0 Å². The van der Waals surface area contributed by atoms with E-state index in [2.05, 4.69) is 67.6 Å². The van der Waals surface area contributed by atoms with Gasteiger partial charge in [0.05, 0.1) is 0 Å². The second-order valence-electron chi connectivity index (χ2n) is 4.06. The summed E-state index contributed by atoms with van der Waals surface area (Å²) in [5.41, 5.74) is 4.03. The van der Waals surface area contributed by atoms with Crippen molar-refractivity contribution in [3.05, 3.63) is 77.4 Å². The number of benzene rings is 2. The van der Waals surface area contributed by atoms with Gasteiger partial charge < -0.3 is 0 Å². The van der Waals surface area contributed by atoms with Crippen molar-refractivity contribution in [1.29, 1.82) is 0 Å². The summed E-state index contributed by atoms with van der Waals surface area (Å²) in [6, 6.07) is 21.0. The van der Waals surface area contributed by atoms with Gasteiger partial charge >= 0.3 is 0 Å². The van der Waals surface area contributed by atoms with Gasteiger partial charge in [0.1, 0.15) is 0 Å². The van der Waals surface area contributed by atoms with Crippen LogP contribution in [0.4, 0.5) is 0 Å². The standard InChI is InChI=1S/C16H16/c1-14(12-15-8-4-2-5-9-15)13-16-10-6-3-7-11-16/h2-12H,13H2,1H3/b14-12-. The zero-order chi connectivity index (χ0) is 11.2. The summed E-state index contributed by atoms with van der Waals surface area (Å²) in [5.74, 6) is 0. The quantitative estimate of drug-likeness (QED) is 0.704. The van der Waals surface area contributed by atoms with Crippen molar-refractivity contribution >= 4 is 6.08 Å². The molecule has 80 valence electrons. The number of hydrogen-bond donors (Lipinski definition) is 0. The van der Waals surface area contributed by atoms with Gasteiger partial charge in [0, 0.05) is 0 Å². The molecule has 2 rings (SSSR count). The van der Waals surface area contributed by atoms with Crippen LogP contribution in [0.25, 0.3) is 6.08 Å². The fourth-order valence-electron chi connectivity index (χ4n) is 1.80. The third-order valence-electron chi connectivity index (χ3n) is 2.54. The Balaban J connectivity index is 2.09. The fraction of sp³-hybridized carbons (Fsp3) is 0.125. The van der Waals surface area contributed by atoms with Gasteiger partial charge in [-0.2, -0.15) is 0 Å². The molecule has 0 nitrogen and oxygen atoms in total. The van der Waals surface area contributed by atoms with Gasteiger partial charge in [0.2, 0.25) is 0 Å². The molecular formula is C16H16. The van der Waals surface area contributed by atoms with E-state index in [1.807, 2.05) is 6.07 Å². The highest BCUT2D eigenvalue weighted by Crippen LogP contribution is 2.11. The van der Waals surface area contributed by atoms with Crippen molar-refractivity contribution in [2.45, 2.75) is 13.3 Å². The maximum absolute atomic E-state index is 2.24. The third-order valence-corrected chi connectivity index (χ3v) is 2.54. The molecule has 0 aliphatic carbocycles. The average molecular weight is 208 g/mol. The lowest BCUT2D eigenvalue weighted by atomic mass is 10.0. The Hall–Kier alpha value is -1.82. The highest BCUT2D eigenvalue weighted by Gasteiger charge is 1.94. The van der Waals surface area contributed by atoms with E-state index in [1.54, 1.807) is 0 Å². The van der Waals surface area contributed by atoms with Crippen LogP contribution in [0.2, 0.25) is 0 Å². The molecule has 0 saturated heterocycles. The lowest BCUT2D eigenvalue weighted by Gasteiger charge is -2.02. The molecule has 0 atom stereocenters. The van der Waals surface area contributed by atoms with Crippen LogP contribution in [0, 0.1) is 0 Å². The Morgan fingerprint density at radius 2 is 1.44 bits per heavy atom. The molecule has 16 heavy (non-hydrogen) atoms. The van der Waals surface area contributed by atoms with Crippen LogP contribution in [-0.4, -0.2) is 0 Å². The van der Waals surface area contributed by atoms with Crippen LogP contribution in [0.3, 0.4) is 0 Å². The van der Waals surface area contributed by atoms with Gasteiger partial charge in [-0.3, -0.25) is 0 Å². The summed E-state index contributed by atoms with van der Waals surface area (Å²) in [4.78, 5) is 0. The van der Waals surface area contributed by atoms with Crippen molar-refractivity contribution < 1.29 is 0 Å². The topological polar surface area (TPSA) is 0 Å². The van der Waals surface area contributed by atoms with Crippen LogP contribution >= 0.6 is 0 Å². The molecule has 0 fully saturated rings. The van der Waals surface area contributed by atoms with Crippen molar-refractivity contribution in [2.75, 3.05) is 0 Å². The molecular weight excluding hydrogens is 192 g/mol. The van der Waals surface area contributed by atoms with Gasteiger partial charge in [0.15, 0.2) is 0 Å². The van der Waals surface area contributed by atoms with Gasteiger partial charge in [-0.15, -0.1) is 0 Å². The average Bonchev–Trinajstić information content (AvgIpc) is 2.31.